The highest BCUT2D eigenvalue weighted by atomic mass is 32.2. The van der Waals surface area contributed by atoms with Crippen LogP contribution in [0.5, 0.6) is 0 Å². The van der Waals surface area contributed by atoms with Crippen molar-refractivity contribution in [3.8, 4) is 0 Å². The number of thioether (sulfide) groups is 1. The first kappa shape index (κ1) is 18.6. The van der Waals surface area contributed by atoms with Crippen molar-refractivity contribution in [2.24, 2.45) is 0 Å². The lowest BCUT2D eigenvalue weighted by Gasteiger charge is -2.28. The summed E-state index contributed by atoms with van der Waals surface area (Å²) >= 11 is 1.63. The van der Waals surface area contributed by atoms with Crippen LogP contribution in [0.3, 0.4) is 0 Å². The molecule has 0 saturated carbocycles. The quantitative estimate of drug-likeness (QED) is 0.560. The summed E-state index contributed by atoms with van der Waals surface area (Å²) in [7, 11) is 0. The highest BCUT2D eigenvalue weighted by Gasteiger charge is 2.12. The van der Waals surface area contributed by atoms with E-state index in [9.17, 15) is 4.79 Å². The molecule has 0 aliphatic carbocycles. The number of amides is 1. The SMILES string of the molecule is C=CCSc1ccccc1C(=O)NCc1ccc(N2CCCCC2)cc1. The van der Waals surface area contributed by atoms with Crippen LogP contribution in [0.15, 0.2) is 66.1 Å². The van der Waals surface area contributed by atoms with E-state index in [4.69, 9.17) is 0 Å². The van der Waals surface area contributed by atoms with Crippen molar-refractivity contribution in [2.75, 3.05) is 23.7 Å². The monoisotopic (exact) mass is 366 g/mol. The summed E-state index contributed by atoms with van der Waals surface area (Å²) in [6.45, 7) is 6.58. The van der Waals surface area contributed by atoms with Gasteiger partial charge >= 0.3 is 0 Å². The van der Waals surface area contributed by atoms with Gasteiger partial charge in [0.2, 0.25) is 0 Å². The van der Waals surface area contributed by atoms with Crippen molar-refractivity contribution in [3.63, 3.8) is 0 Å². The minimum absolute atomic E-state index is 0.0303. The van der Waals surface area contributed by atoms with Crippen LogP contribution in [0.2, 0.25) is 0 Å². The molecule has 136 valence electrons. The number of anilines is 1. The molecule has 1 saturated heterocycles. The van der Waals surface area contributed by atoms with Crippen LogP contribution in [0.25, 0.3) is 0 Å². The van der Waals surface area contributed by atoms with E-state index in [-0.39, 0.29) is 5.91 Å². The molecule has 3 rings (SSSR count). The minimum atomic E-state index is -0.0303. The third-order valence-corrected chi connectivity index (χ3v) is 5.67. The van der Waals surface area contributed by atoms with Gasteiger partial charge in [-0.1, -0.05) is 30.3 Å². The molecule has 0 aromatic heterocycles. The Bertz CT molecular complexity index is 736. The van der Waals surface area contributed by atoms with Crippen LogP contribution in [0.4, 0.5) is 5.69 Å². The van der Waals surface area contributed by atoms with Gasteiger partial charge in [-0.15, -0.1) is 18.3 Å². The van der Waals surface area contributed by atoms with E-state index >= 15 is 0 Å². The summed E-state index contributed by atoms with van der Waals surface area (Å²) in [5, 5.41) is 3.04. The summed E-state index contributed by atoms with van der Waals surface area (Å²) in [5.41, 5.74) is 3.13. The average Bonchev–Trinajstić information content (AvgIpc) is 2.71. The van der Waals surface area contributed by atoms with Gasteiger partial charge < -0.3 is 10.2 Å². The van der Waals surface area contributed by atoms with Crippen LogP contribution in [-0.2, 0) is 6.54 Å². The molecule has 2 aromatic rings. The second-order valence-electron chi connectivity index (χ2n) is 6.49. The average molecular weight is 367 g/mol. The summed E-state index contributed by atoms with van der Waals surface area (Å²) in [5.74, 6) is 0.764. The third kappa shape index (κ3) is 4.92. The largest absolute Gasteiger partial charge is 0.372 e. The van der Waals surface area contributed by atoms with Crippen molar-refractivity contribution in [1.29, 1.82) is 0 Å². The van der Waals surface area contributed by atoms with E-state index < -0.39 is 0 Å². The molecule has 1 heterocycles. The molecule has 2 aromatic carbocycles. The fourth-order valence-electron chi connectivity index (χ4n) is 3.18. The molecule has 3 nitrogen and oxygen atoms in total. The Morgan fingerprint density at radius 1 is 1.08 bits per heavy atom. The van der Waals surface area contributed by atoms with Crippen LogP contribution in [0.1, 0.15) is 35.2 Å². The Hall–Kier alpha value is -2.20. The number of rotatable bonds is 7. The van der Waals surface area contributed by atoms with Gasteiger partial charge in [0.15, 0.2) is 0 Å². The van der Waals surface area contributed by atoms with Gasteiger partial charge in [0.25, 0.3) is 5.91 Å². The number of hydrogen-bond acceptors (Lipinski definition) is 3. The number of piperidine rings is 1. The predicted molar refractivity (Wildman–Crippen MR) is 111 cm³/mol. The number of nitrogens with zero attached hydrogens (tertiary/aromatic N) is 1. The Kier molecular flexibility index (Phi) is 6.78. The lowest BCUT2D eigenvalue weighted by atomic mass is 10.1. The molecule has 0 atom stereocenters. The van der Waals surface area contributed by atoms with Crippen LogP contribution in [0, 0.1) is 0 Å². The Morgan fingerprint density at radius 2 is 1.81 bits per heavy atom. The molecule has 1 aliphatic heterocycles. The molecule has 0 radical (unpaired) electrons. The van der Waals surface area contributed by atoms with Crippen molar-refractivity contribution in [2.45, 2.75) is 30.7 Å². The molecule has 0 bridgehead atoms. The van der Waals surface area contributed by atoms with Crippen molar-refractivity contribution >= 4 is 23.4 Å². The maximum absolute atomic E-state index is 12.6. The zero-order valence-electron chi connectivity index (χ0n) is 15.1. The van der Waals surface area contributed by atoms with E-state index in [1.165, 1.54) is 24.9 Å². The number of hydrogen-bond donors (Lipinski definition) is 1. The third-order valence-electron chi connectivity index (χ3n) is 4.60. The summed E-state index contributed by atoms with van der Waals surface area (Å²) < 4.78 is 0. The topological polar surface area (TPSA) is 32.3 Å². The maximum Gasteiger partial charge on any atom is 0.252 e. The van der Waals surface area contributed by atoms with Crippen LogP contribution >= 0.6 is 11.8 Å². The van der Waals surface area contributed by atoms with Gasteiger partial charge in [-0.25, -0.2) is 0 Å². The number of benzene rings is 2. The zero-order chi connectivity index (χ0) is 18.2. The summed E-state index contributed by atoms with van der Waals surface area (Å²) in [4.78, 5) is 16.0. The van der Waals surface area contributed by atoms with Gasteiger partial charge in [0.05, 0.1) is 5.56 Å². The Labute approximate surface area is 160 Å². The molecule has 1 aliphatic rings. The maximum atomic E-state index is 12.6. The Balaban J connectivity index is 1.58. The lowest BCUT2D eigenvalue weighted by Crippen LogP contribution is -2.29. The van der Waals surface area contributed by atoms with E-state index in [1.54, 1.807) is 11.8 Å². The fourth-order valence-corrected chi connectivity index (χ4v) is 3.97. The molecule has 1 N–H and O–H groups in total. The summed E-state index contributed by atoms with van der Waals surface area (Å²) in [6, 6.07) is 16.3. The molecule has 4 heteroatoms. The second kappa shape index (κ2) is 9.48. The highest BCUT2D eigenvalue weighted by molar-refractivity contribution is 7.99. The van der Waals surface area contributed by atoms with Gasteiger partial charge in [-0.2, -0.15) is 0 Å². The Morgan fingerprint density at radius 3 is 2.54 bits per heavy atom. The van der Waals surface area contributed by atoms with Crippen molar-refractivity contribution < 1.29 is 4.79 Å². The van der Waals surface area contributed by atoms with Crippen molar-refractivity contribution in [3.05, 3.63) is 72.3 Å². The minimum Gasteiger partial charge on any atom is -0.372 e. The van der Waals surface area contributed by atoms with Crippen molar-refractivity contribution in [1.82, 2.24) is 5.32 Å². The first-order valence-corrected chi connectivity index (χ1v) is 10.2. The van der Waals surface area contributed by atoms with E-state index in [1.807, 2.05) is 30.3 Å². The van der Waals surface area contributed by atoms with Crippen LogP contribution < -0.4 is 10.2 Å². The number of carbonyl (C=O) groups is 1. The molecule has 1 fully saturated rings. The van der Waals surface area contributed by atoms with E-state index in [0.29, 0.717) is 6.54 Å². The molecular weight excluding hydrogens is 340 g/mol. The first-order chi connectivity index (χ1) is 12.8. The zero-order valence-corrected chi connectivity index (χ0v) is 15.9. The molecule has 26 heavy (non-hydrogen) atoms. The lowest BCUT2D eigenvalue weighted by molar-refractivity contribution is 0.0948. The second-order valence-corrected chi connectivity index (χ2v) is 7.55. The molecule has 0 unspecified atom stereocenters. The smallest absolute Gasteiger partial charge is 0.252 e. The fraction of sp³-hybridized carbons (Fsp3) is 0.318. The first-order valence-electron chi connectivity index (χ1n) is 9.23. The van der Waals surface area contributed by atoms with Crippen LogP contribution in [-0.4, -0.2) is 24.7 Å². The predicted octanol–water partition coefficient (Wildman–Crippen LogP) is 4.89. The number of nitrogens with one attached hydrogen (secondary N) is 1. The molecule has 1 amide bonds. The van der Waals surface area contributed by atoms with Gasteiger partial charge in [0.1, 0.15) is 0 Å². The number of carbonyl (C=O) groups excluding carboxylic acids is 1. The normalized spacial score (nSPS) is 14.1. The van der Waals surface area contributed by atoms with E-state index in [0.717, 1.165) is 34.9 Å². The molecular formula is C22H26N2OS. The van der Waals surface area contributed by atoms with Gasteiger partial charge in [-0.3, -0.25) is 4.79 Å². The highest BCUT2D eigenvalue weighted by Crippen LogP contribution is 2.23. The van der Waals surface area contributed by atoms with Gasteiger partial charge in [-0.05, 0) is 49.1 Å². The van der Waals surface area contributed by atoms with E-state index in [2.05, 4.69) is 41.1 Å². The molecule has 0 spiro atoms. The standard InChI is InChI=1S/C22H26N2OS/c1-2-16-26-21-9-5-4-8-20(21)22(25)23-17-18-10-12-19(13-11-18)24-14-6-3-7-15-24/h2,4-5,8-13H,1,3,6-7,14-17H2,(H,23,25). The summed E-state index contributed by atoms with van der Waals surface area (Å²) in [6.07, 6.45) is 5.75. The van der Waals surface area contributed by atoms with Gasteiger partial charge in [0, 0.05) is 36.0 Å².